The van der Waals surface area contributed by atoms with Crippen molar-refractivity contribution in [3.8, 4) is 0 Å². The van der Waals surface area contributed by atoms with E-state index in [2.05, 4.69) is 12.2 Å². The molecular weight excluding hydrogens is 249 g/mol. The first-order valence-electron chi connectivity index (χ1n) is 6.87. The van der Waals surface area contributed by atoms with Crippen molar-refractivity contribution in [3.05, 3.63) is 34.6 Å². The van der Waals surface area contributed by atoms with E-state index >= 15 is 0 Å². The lowest BCUT2D eigenvalue weighted by atomic mass is 9.84. The zero-order valence-corrected chi connectivity index (χ0v) is 11.6. The van der Waals surface area contributed by atoms with Gasteiger partial charge in [0.25, 0.3) is 0 Å². The first kappa shape index (κ1) is 13.8. The van der Waals surface area contributed by atoms with E-state index in [1.807, 2.05) is 0 Å². The van der Waals surface area contributed by atoms with Crippen molar-refractivity contribution >= 4 is 11.6 Å². The zero-order valence-electron chi connectivity index (χ0n) is 10.9. The summed E-state index contributed by atoms with van der Waals surface area (Å²) >= 11 is 5.78. The third-order valence-corrected chi connectivity index (χ3v) is 4.26. The van der Waals surface area contributed by atoms with E-state index in [0.717, 1.165) is 5.92 Å². The minimum Gasteiger partial charge on any atom is -0.310 e. The van der Waals surface area contributed by atoms with E-state index in [-0.39, 0.29) is 10.8 Å². The molecule has 1 fully saturated rings. The highest BCUT2D eigenvalue weighted by Gasteiger charge is 2.20. The summed E-state index contributed by atoms with van der Waals surface area (Å²) in [5, 5.41) is 3.68. The second kappa shape index (κ2) is 6.53. The number of halogens is 2. The number of benzene rings is 1. The third-order valence-electron chi connectivity index (χ3n) is 3.97. The molecule has 1 aromatic rings. The molecule has 2 rings (SSSR count). The smallest absolute Gasteiger partial charge is 0.146 e. The highest BCUT2D eigenvalue weighted by Crippen LogP contribution is 2.27. The number of rotatable bonds is 4. The van der Waals surface area contributed by atoms with Crippen LogP contribution in [0, 0.1) is 11.7 Å². The average Bonchev–Trinajstić information content (AvgIpc) is 2.41. The van der Waals surface area contributed by atoms with Gasteiger partial charge in [-0.3, -0.25) is 0 Å². The van der Waals surface area contributed by atoms with Crippen LogP contribution in [0.25, 0.3) is 0 Å². The van der Waals surface area contributed by atoms with Crippen molar-refractivity contribution in [3.63, 3.8) is 0 Å². The first-order valence-corrected chi connectivity index (χ1v) is 7.24. The predicted molar refractivity (Wildman–Crippen MR) is 74.3 cm³/mol. The molecule has 1 aromatic carbocycles. The summed E-state index contributed by atoms with van der Waals surface area (Å²) in [5.74, 6) is 0.551. The number of hydrogen-bond acceptors (Lipinski definition) is 1. The third kappa shape index (κ3) is 3.46. The van der Waals surface area contributed by atoms with Gasteiger partial charge >= 0.3 is 0 Å². The van der Waals surface area contributed by atoms with E-state index in [0.29, 0.717) is 18.2 Å². The quantitative estimate of drug-likeness (QED) is 0.846. The molecule has 1 aliphatic rings. The Labute approximate surface area is 114 Å². The van der Waals surface area contributed by atoms with Crippen LogP contribution in [0.3, 0.4) is 0 Å². The summed E-state index contributed by atoms with van der Waals surface area (Å²) < 4.78 is 13.7. The Morgan fingerprint density at radius 3 is 3.00 bits per heavy atom. The van der Waals surface area contributed by atoms with E-state index in [4.69, 9.17) is 11.6 Å². The maximum Gasteiger partial charge on any atom is 0.146 e. The van der Waals surface area contributed by atoms with Gasteiger partial charge in [-0.1, -0.05) is 49.9 Å². The maximum atomic E-state index is 13.7. The average molecular weight is 270 g/mol. The molecule has 0 aliphatic heterocycles. The Kier molecular flexibility index (Phi) is 5.02. The van der Waals surface area contributed by atoms with Gasteiger partial charge in [-0.15, -0.1) is 0 Å². The predicted octanol–water partition coefficient (Wildman–Crippen LogP) is 4.54. The largest absolute Gasteiger partial charge is 0.310 e. The molecule has 1 N–H and O–H groups in total. The number of hydrogen-bond donors (Lipinski definition) is 1. The van der Waals surface area contributed by atoms with Crippen LogP contribution in [0.4, 0.5) is 4.39 Å². The van der Waals surface area contributed by atoms with Crippen molar-refractivity contribution in [2.75, 3.05) is 0 Å². The molecular formula is C15H21ClFN. The van der Waals surface area contributed by atoms with E-state index in [1.54, 1.807) is 18.2 Å². The highest BCUT2D eigenvalue weighted by atomic mass is 35.5. The first-order chi connectivity index (χ1) is 8.70. The maximum absolute atomic E-state index is 13.7. The molecule has 0 radical (unpaired) electrons. The van der Waals surface area contributed by atoms with Crippen molar-refractivity contribution in [2.24, 2.45) is 5.92 Å². The molecule has 0 bridgehead atoms. The van der Waals surface area contributed by atoms with Crippen LogP contribution < -0.4 is 5.32 Å². The summed E-state index contributed by atoms with van der Waals surface area (Å²) in [6.07, 6.45) is 6.31. The van der Waals surface area contributed by atoms with Crippen LogP contribution in [0.5, 0.6) is 0 Å². The normalized spacial score (nSPS) is 24.2. The topological polar surface area (TPSA) is 12.0 Å². The summed E-state index contributed by atoms with van der Waals surface area (Å²) in [7, 11) is 0. The monoisotopic (exact) mass is 269 g/mol. The second-order valence-corrected chi connectivity index (χ2v) is 5.64. The lowest BCUT2D eigenvalue weighted by molar-refractivity contribution is 0.277. The second-order valence-electron chi connectivity index (χ2n) is 5.23. The van der Waals surface area contributed by atoms with Gasteiger partial charge in [0.05, 0.1) is 5.02 Å². The highest BCUT2D eigenvalue weighted by molar-refractivity contribution is 6.30. The standard InChI is InChI=1S/C15H21ClFN/c1-2-11-5-3-7-13(9-11)18-10-12-6-4-8-14(16)15(12)17/h4,6,8,11,13,18H,2-3,5,7,9-10H2,1H3. The van der Waals surface area contributed by atoms with Crippen molar-refractivity contribution < 1.29 is 4.39 Å². The van der Waals surface area contributed by atoms with Gasteiger partial charge in [0.15, 0.2) is 0 Å². The molecule has 1 nitrogen and oxygen atoms in total. The summed E-state index contributed by atoms with van der Waals surface area (Å²) in [4.78, 5) is 0. The van der Waals surface area contributed by atoms with Crippen LogP contribution in [-0.4, -0.2) is 6.04 Å². The Balaban J connectivity index is 1.89. The summed E-state index contributed by atoms with van der Waals surface area (Å²) in [5.41, 5.74) is 0.668. The van der Waals surface area contributed by atoms with Crippen LogP contribution in [0.2, 0.25) is 5.02 Å². The Morgan fingerprint density at radius 2 is 2.22 bits per heavy atom. The zero-order chi connectivity index (χ0) is 13.0. The van der Waals surface area contributed by atoms with Crippen molar-refractivity contribution in [1.82, 2.24) is 5.32 Å². The molecule has 18 heavy (non-hydrogen) atoms. The van der Waals surface area contributed by atoms with Gasteiger partial charge in [0, 0.05) is 18.2 Å². The van der Waals surface area contributed by atoms with Crippen LogP contribution >= 0.6 is 11.6 Å². The fraction of sp³-hybridized carbons (Fsp3) is 0.600. The minimum absolute atomic E-state index is 0.212. The molecule has 0 aromatic heterocycles. The fourth-order valence-corrected chi connectivity index (χ4v) is 2.98. The lowest BCUT2D eigenvalue weighted by Gasteiger charge is -2.29. The summed E-state index contributed by atoms with van der Waals surface area (Å²) in [6, 6.07) is 5.72. The van der Waals surface area contributed by atoms with Gasteiger partial charge in [-0.25, -0.2) is 4.39 Å². The molecule has 1 aliphatic carbocycles. The van der Waals surface area contributed by atoms with Crippen molar-refractivity contribution in [2.45, 2.75) is 51.6 Å². The Bertz CT molecular complexity index is 394. The molecule has 2 unspecified atom stereocenters. The van der Waals surface area contributed by atoms with Gasteiger partial charge in [-0.2, -0.15) is 0 Å². The van der Waals surface area contributed by atoms with Gasteiger partial charge in [0.2, 0.25) is 0 Å². The van der Waals surface area contributed by atoms with Gasteiger partial charge in [0.1, 0.15) is 5.82 Å². The molecule has 0 heterocycles. The lowest BCUT2D eigenvalue weighted by Crippen LogP contribution is -2.33. The Morgan fingerprint density at radius 1 is 1.39 bits per heavy atom. The molecule has 3 heteroatoms. The van der Waals surface area contributed by atoms with Gasteiger partial charge in [-0.05, 0) is 24.8 Å². The van der Waals surface area contributed by atoms with Crippen molar-refractivity contribution in [1.29, 1.82) is 0 Å². The number of nitrogens with one attached hydrogen (secondary N) is 1. The molecule has 0 saturated heterocycles. The van der Waals surface area contributed by atoms with Crippen LogP contribution in [-0.2, 0) is 6.54 Å². The van der Waals surface area contributed by atoms with Gasteiger partial charge < -0.3 is 5.32 Å². The van der Waals surface area contributed by atoms with E-state index in [1.165, 1.54) is 32.1 Å². The molecule has 100 valence electrons. The van der Waals surface area contributed by atoms with Crippen LogP contribution in [0.15, 0.2) is 18.2 Å². The molecule has 2 atom stereocenters. The fourth-order valence-electron chi connectivity index (χ4n) is 2.79. The molecule has 0 spiro atoms. The molecule has 0 amide bonds. The SMILES string of the molecule is CCC1CCCC(NCc2cccc(Cl)c2F)C1. The molecule has 1 saturated carbocycles. The summed E-state index contributed by atoms with van der Waals surface area (Å²) in [6.45, 7) is 2.83. The van der Waals surface area contributed by atoms with E-state index in [9.17, 15) is 4.39 Å². The minimum atomic E-state index is -0.283. The van der Waals surface area contributed by atoms with E-state index < -0.39 is 0 Å². The van der Waals surface area contributed by atoms with Crippen LogP contribution in [0.1, 0.15) is 44.6 Å². The Hall–Kier alpha value is -0.600.